The Kier molecular flexibility index (Phi) is 4.46. The minimum absolute atomic E-state index is 0.121. The lowest BCUT2D eigenvalue weighted by atomic mass is 10.2. The Balaban J connectivity index is 1.45. The molecule has 4 rings (SSSR count). The fourth-order valence-electron chi connectivity index (χ4n) is 3.07. The zero-order chi connectivity index (χ0) is 18.8. The number of halogens is 1. The van der Waals surface area contributed by atoms with E-state index in [0.29, 0.717) is 23.4 Å². The number of nitrogens with zero attached hydrogens (tertiary/aromatic N) is 1. The third kappa shape index (κ3) is 3.60. The quantitative estimate of drug-likeness (QED) is 0.743. The topological polar surface area (TPSA) is 62.6 Å². The molecular formula is C21H17FN2O3. The van der Waals surface area contributed by atoms with Crippen molar-refractivity contribution in [1.82, 2.24) is 0 Å². The first-order chi connectivity index (χ1) is 13.1. The van der Waals surface area contributed by atoms with E-state index < -0.39 is 0 Å². The van der Waals surface area contributed by atoms with Gasteiger partial charge in [-0.05, 0) is 67.1 Å². The summed E-state index contributed by atoms with van der Waals surface area (Å²) >= 11 is 0. The van der Waals surface area contributed by atoms with E-state index in [2.05, 4.69) is 5.32 Å². The van der Waals surface area contributed by atoms with Crippen LogP contribution in [0.15, 0.2) is 65.1 Å². The summed E-state index contributed by atoms with van der Waals surface area (Å²) in [7, 11) is 0. The third-order valence-corrected chi connectivity index (χ3v) is 4.47. The number of amides is 2. The van der Waals surface area contributed by atoms with Crippen LogP contribution in [0.5, 0.6) is 0 Å². The van der Waals surface area contributed by atoms with Crippen LogP contribution in [-0.4, -0.2) is 18.4 Å². The maximum absolute atomic E-state index is 13.0. The molecular weight excluding hydrogens is 347 g/mol. The molecule has 1 N–H and O–H groups in total. The van der Waals surface area contributed by atoms with Gasteiger partial charge in [0, 0.05) is 29.9 Å². The molecule has 2 aromatic carbocycles. The summed E-state index contributed by atoms with van der Waals surface area (Å²) in [5, 5.41) is 2.76. The molecule has 136 valence electrons. The first-order valence-corrected chi connectivity index (χ1v) is 8.68. The second-order valence-electron chi connectivity index (χ2n) is 6.32. The van der Waals surface area contributed by atoms with Gasteiger partial charge in [-0.1, -0.05) is 0 Å². The smallest absolute Gasteiger partial charge is 0.291 e. The van der Waals surface area contributed by atoms with E-state index in [0.717, 1.165) is 18.7 Å². The molecule has 1 aromatic heterocycles. The summed E-state index contributed by atoms with van der Waals surface area (Å²) in [6.07, 6.45) is 1.44. The Hall–Kier alpha value is -3.41. The summed E-state index contributed by atoms with van der Waals surface area (Å²) in [5.41, 5.74) is 2.12. The van der Waals surface area contributed by atoms with Gasteiger partial charge in [0.25, 0.3) is 5.91 Å². The Bertz CT molecular complexity index is 977. The van der Waals surface area contributed by atoms with Crippen LogP contribution in [0.2, 0.25) is 0 Å². The van der Waals surface area contributed by atoms with Crippen LogP contribution < -0.4 is 10.2 Å². The normalized spacial score (nSPS) is 13.8. The number of hydrogen-bond acceptors (Lipinski definition) is 3. The molecule has 0 bridgehead atoms. The third-order valence-electron chi connectivity index (χ3n) is 4.47. The second-order valence-corrected chi connectivity index (χ2v) is 6.32. The van der Waals surface area contributed by atoms with E-state index in [1.54, 1.807) is 41.3 Å². The van der Waals surface area contributed by atoms with Gasteiger partial charge >= 0.3 is 0 Å². The van der Waals surface area contributed by atoms with Gasteiger partial charge in [-0.25, -0.2) is 4.39 Å². The molecule has 1 fully saturated rings. The molecule has 1 aliphatic heterocycles. The van der Waals surface area contributed by atoms with Gasteiger partial charge in [0.2, 0.25) is 5.91 Å². The second kappa shape index (κ2) is 7.07. The lowest BCUT2D eigenvalue weighted by molar-refractivity contribution is -0.117. The standard InChI is InChI=1S/C21H17FN2O3/c22-15-5-3-14(4-6-15)18-11-12-19(27-18)21(26)23-16-7-9-17(10-8-16)24-13-1-2-20(24)25/h3-12H,1-2,13H2,(H,23,26). The van der Waals surface area contributed by atoms with Crippen molar-refractivity contribution in [2.75, 3.05) is 16.8 Å². The van der Waals surface area contributed by atoms with E-state index >= 15 is 0 Å². The number of hydrogen-bond donors (Lipinski definition) is 1. The summed E-state index contributed by atoms with van der Waals surface area (Å²) in [6.45, 7) is 0.725. The summed E-state index contributed by atoms with van der Waals surface area (Å²) < 4.78 is 18.6. The van der Waals surface area contributed by atoms with Crippen molar-refractivity contribution in [3.8, 4) is 11.3 Å². The molecule has 0 saturated carbocycles. The highest BCUT2D eigenvalue weighted by Crippen LogP contribution is 2.25. The predicted molar refractivity (Wildman–Crippen MR) is 100 cm³/mol. The number of benzene rings is 2. The van der Waals surface area contributed by atoms with Crippen LogP contribution in [0.4, 0.5) is 15.8 Å². The van der Waals surface area contributed by atoms with Gasteiger partial charge < -0.3 is 14.6 Å². The SMILES string of the molecule is O=C(Nc1ccc(N2CCCC2=O)cc1)c1ccc(-c2ccc(F)cc2)o1. The van der Waals surface area contributed by atoms with Gasteiger partial charge in [-0.2, -0.15) is 0 Å². The molecule has 0 aliphatic carbocycles. The summed E-state index contributed by atoms with van der Waals surface area (Å²) in [5.74, 6) is 0.0579. The Morgan fingerprint density at radius 3 is 2.41 bits per heavy atom. The first kappa shape index (κ1) is 17.0. The fraction of sp³-hybridized carbons (Fsp3) is 0.143. The maximum atomic E-state index is 13.0. The lowest BCUT2D eigenvalue weighted by Gasteiger charge is -2.15. The minimum atomic E-state index is -0.381. The minimum Gasteiger partial charge on any atom is -0.451 e. The number of nitrogens with one attached hydrogen (secondary N) is 1. The molecule has 2 heterocycles. The van der Waals surface area contributed by atoms with Crippen LogP contribution in [0.1, 0.15) is 23.4 Å². The molecule has 0 atom stereocenters. The van der Waals surface area contributed by atoms with E-state index in [-0.39, 0.29) is 23.4 Å². The molecule has 6 heteroatoms. The molecule has 0 spiro atoms. The summed E-state index contributed by atoms with van der Waals surface area (Å²) in [6, 6.07) is 16.2. The average Bonchev–Trinajstić information content (AvgIpc) is 3.32. The van der Waals surface area contributed by atoms with Crippen molar-refractivity contribution in [3.05, 3.63) is 72.2 Å². The van der Waals surface area contributed by atoms with Crippen LogP contribution in [-0.2, 0) is 4.79 Å². The monoisotopic (exact) mass is 364 g/mol. The van der Waals surface area contributed by atoms with E-state index in [1.165, 1.54) is 12.1 Å². The van der Waals surface area contributed by atoms with Gasteiger partial charge in [0.05, 0.1) is 0 Å². The highest BCUT2D eigenvalue weighted by Gasteiger charge is 2.21. The Morgan fingerprint density at radius 2 is 1.74 bits per heavy atom. The molecule has 0 unspecified atom stereocenters. The van der Waals surface area contributed by atoms with Crippen molar-refractivity contribution in [2.45, 2.75) is 12.8 Å². The molecule has 3 aromatic rings. The van der Waals surface area contributed by atoms with Crippen LogP contribution in [0.3, 0.4) is 0 Å². The first-order valence-electron chi connectivity index (χ1n) is 8.68. The predicted octanol–water partition coefficient (Wildman–Crippen LogP) is 4.46. The van der Waals surface area contributed by atoms with Gasteiger partial charge in [0.15, 0.2) is 5.76 Å². The van der Waals surface area contributed by atoms with E-state index in [4.69, 9.17) is 4.42 Å². The molecule has 0 radical (unpaired) electrons. The molecule has 27 heavy (non-hydrogen) atoms. The van der Waals surface area contributed by atoms with E-state index in [9.17, 15) is 14.0 Å². The van der Waals surface area contributed by atoms with Crippen molar-refractivity contribution in [1.29, 1.82) is 0 Å². The molecule has 5 nitrogen and oxygen atoms in total. The van der Waals surface area contributed by atoms with Crippen molar-refractivity contribution in [2.24, 2.45) is 0 Å². The zero-order valence-electron chi connectivity index (χ0n) is 14.4. The van der Waals surface area contributed by atoms with E-state index in [1.807, 2.05) is 12.1 Å². The molecule has 1 aliphatic rings. The van der Waals surface area contributed by atoms with Gasteiger partial charge in [-0.15, -0.1) is 0 Å². The van der Waals surface area contributed by atoms with Gasteiger partial charge in [-0.3, -0.25) is 9.59 Å². The van der Waals surface area contributed by atoms with Crippen LogP contribution >= 0.6 is 0 Å². The number of carbonyl (C=O) groups is 2. The van der Waals surface area contributed by atoms with Crippen LogP contribution in [0, 0.1) is 5.82 Å². The summed E-state index contributed by atoms with van der Waals surface area (Å²) in [4.78, 5) is 25.9. The Morgan fingerprint density at radius 1 is 1.00 bits per heavy atom. The lowest BCUT2D eigenvalue weighted by Crippen LogP contribution is -2.23. The van der Waals surface area contributed by atoms with Crippen LogP contribution in [0.25, 0.3) is 11.3 Å². The fourth-order valence-corrected chi connectivity index (χ4v) is 3.07. The maximum Gasteiger partial charge on any atom is 0.291 e. The van der Waals surface area contributed by atoms with Crippen molar-refractivity contribution in [3.63, 3.8) is 0 Å². The number of furan rings is 1. The molecule has 2 amide bonds. The van der Waals surface area contributed by atoms with Gasteiger partial charge in [0.1, 0.15) is 11.6 Å². The van der Waals surface area contributed by atoms with Crippen molar-refractivity contribution >= 4 is 23.2 Å². The number of anilines is 2. The number of carbonyl (C=O) groups excluding carboxylic acids is 2. The Labute approximate surface area is 155 Å². The highest BCUT2D eigenvalue weighted by atomic mass is 19.1. The largest absolute Gasteiger partial charge is 0.451 e. The number of rotatable bonds is 4. The average molecular weight is 364 g/mol. The zero-order valence-corrected chi connectivity index (χ0v) is 14.4. The van der Waals surface area contributed by atoms with Crippen molar-refractivity contribution < 1.29 is 18.4 Å². The highest BCUT2D eigenvalue weighted by molar-refractivity contribution is 6.03. The molecule has 1 saturated heterocycles.